The van der Waals surface area contributed by atoms with Crippen LogP contribution in [0.5, 0.6) is 0 Å². The van der Waals surface area contributed by atoms with Gasteiger partial charge in [0, 0.05) is 42.9 Å². The van der Waals surface area contributed by atoms with Crippen molar-refractivity contribution in [1.82, 2.24) is 5.16 Å². The van der Waals surface area contributed by atoms with E-state index in [0.717, 1.165) is 40.9 Å². The number of nitrogens with one attached hydrogen (secondary N) is 1. The molecule has 0 radical (unpaired) electrons. The van der Waals surface area contributed by atoms with Gasteiger partial charge in [-0.05, 0) is 24.3 Å². The van der Waals surface area contributed by atoms with Crippen LogP contribution in [0, 0.1) is 11.8 Å². The van der Waals surface area contributed by atoms with Crippen molar-refractivity contribution in [1.29, 1.82) is 0 Å². The molecular weight excluding hydrogens is 418 g/mol. The Morgan fingerprint density at radius 2 is 1.94 bits per heavy atom. The summed E-state index contributed by atoms with van der Waals surface area (Å²) in [6.07, 6.45) is 1.54. The number of carbonyl (C=O) groups is 2. The number of ether oxygens (including phenoxy) is 1. The van der Waals surface area contributed by atoms with Crippen molar-refractivity contribution in [2.45, 2.75) is 33.6 Å². The second-order valence-electron chi connectivity index (χ2n) is 9.28. The third-order valence-electron chi connectivity index (χ3n) is 6.56. The third kappa shape index (κ3) is 3.75. The summed E-state index contributed by atoms with van der Waals surface area (Å²) >= 11 is 0. The van der Waals surface area contributed by atoms with E-state index < -0.39 is 0 Å². The molecule has 7 nitrogen and oxygen atoms in total. The van der Waals surface area contributed by atoms with Gasteiger partial charge in [0.2, 0.25) is 0 Å². The first-order valence-corrected chi connectivity index (χ1v) is 11.7. The van der Waals surface area contributed by atoms with Gasteiger partial charge in [-0.15, -0.1) is 0 Å². The van der Waals surface area contributed by atoms with Gasteiger partial charge in [0.1, 0.15) is 12.1 Å². The van der Waals surface area contributed by atoms with E-state index in [1.54, 1.807) is 6.92 Å². The topological polar surface area (TPSA) is 84.7 Å². The minimum Gasteiger partial charge on any atom is -0.464 e. The van der Waals surface area contributed by atoms with E-state index in [2.05, 4.69) is 29.2 Å². The zero-order chi connectivity index (χ0) is 23.1. The first kappa shape index (κ1) is 21.5. The van der Waals surface area contributed by atoms with Crippen molar-refractivity contribution in [3.8, 4) is 11.3 Å². The third-order valence-corrected chi connectivity index (χ3v) is 6.56. The number of piperidine rings is 1. The summed E-state index contributed by atoms with van der Waals surface area (Å²) in [6.45, 7) is 8.81. The zero-order valence-electron chi connectivity index (χ0n) is 19.3. The Morgan fingerprint density at radius 3 is 2.67 bits per heavy atom. The maximum absolute atomic E-state index is 13.6. The Kier molecular flexibility index (Phi) is 5.56. The molecule has 1 aliphatic carbocycles. The number of anilines is 2. The second-order valence-corrected chi connectivity index (χ2v) is 9.28. The molecule has 0 amide bonds. The van der Waals surface area contributed by atoms with Gasteiger partial charge in [-0.25, -0.2) is 0 Å². The van der Waals surface area contributed by atoms with Gasteiger partial charge in [0.15, 0.2) is 11.5 Å². The van der Waals surface area contributed by atoms with Crippen LogP contribution in [0.4, 0.5) is 11.4 Å². The average molecular weight is 448 g/mol. The number of ketones is 1. The first-order valence-electron chi connectivity index (χ1n) is 11.7. The number of hydrogen-bond acceptors (Lipinski definition) is 7. The molecule has 0 saturated carbocycles. The maximum atomic E-state index is 13.6. The lowest BCUT2D eigenvalue weighted by atomic mass is 9.85. The minimum atomic E-state index is -0.239. The summed E-state index contributed by atoms with van der Waals surface area (Å²) in [7, 11) is 0. The van der Waals surface area contributed by atoms with Crippen molar-refractivity contribution in [2.24, 2.45) is 11.8 Å². The standard InChI is InChI=1S/C26H29N3O4/c1-4-21(30)32-10-9-27-19-12-20(29-13-15(2)11-16(3)14-29)24-23-22(19)25(31)17-7-5-6-8-18(17)26(23)33-28-24/h5-8,12,15-16,27H,4,9-11,13-14H2,1-3H3/t15-,16-/m0/s1. The predicted molar refractivity (Wildman–Crippen MR) is 128 cm³/mol. The first-order chi connectivity index (χ1) is 16.0. The van der Waals surface area contributed by atoms with Crippen LogP contribution in [-0.4, -0.2) is 43.2 Å². The van der Waals surface area contributed by atoms with Crippen molar-refractivity contribution in [3.05, 3.63) is 41.5 Å². The van der Waals surface area contributed by atoms with E-state index in [9.17, 15) is 9.59 Å². The molecule has 2 aromatic carbocycles. The average Bonchev–Trinajstić information content (AvgIpc) is 3.24. The summed E-state index contributed by atoms with van der Waals surface area (Å²) in [5.74, 6) is 1.48. The van der Waals surface area contributed by atoms with E-state index in [-0.39, 0.29) is 18.4 Å². The molecule has 172 valence electrons. The Morgan fingerprint density at radius 1 is 1.21 bits per heavy atom. The van der Waals surface area contributed by atoms with Crippen molar-refractivity contribution >= 4 is 34.0 Å². The Bertz CT molecular complexity index is 1220. The van der Waals surface area contributed by atoms with Crippen LogP contribution < -0.4 is 10.2 Å². The summed E-state index contributed by atoms with van der Waals surface area (Å²) in [6, 6.07) is 9.51. The summed E-state index contributed by atoms with van der Waals surface area (Å²) in [5.41, 5.74) is 4.38. The van der Waals surface area contributed by atoms with Crippen LogP contribution in [0.15, 0.2) is 34.9 Å². The molecule has 1 fully saturated rings. The van der Waals surface area contributed by atoms with Crippen LogP contribution in [0.2, 0.25) is 0 Å². The van der Waals surface area contributed by atoms with E-state index in [1.807, 2.05) is 30.3 Å². The Labute approximate surface area is 193 Å². The smallest absolute Gasteiger partial charge is 0.305 e. The van der Waals surface area contributed by atoms with Crippen LogP contribution >= 0.6 is 0 Å². The molecular formula is C26H29N3O4. The zero-order valence-corrected chi connectivity index (χ0v) is 19.3. The minimum absolute atomic E-state index is 0.0497. The summed E-state index contributed by atoms with van der Waals surface area (Å²) in [4.78, 5) is 27.5. The number of benzene rings is 2. The van der Waals surface area contributed by atoms with Gasteiger partial charge in [-0.3, -0.25) is 9.59 Å². The highest BCUT2D eigenvalue weighted by molar-refractivity contribution is 6.28. The van der Waals surface area contributed by atoms with E-state index in [4.69, 9.17) is 9.26 Å². The molecule has 0 bridgehead atoms. The predicted octanol–water partition coefficient (Wildman–Crippen LogP) is 4.89. The van der Waals surface area contributed by atoms with Gasteiger partial charge in [-0.2, -0.15) is 0 Å². The molecule has 2 aliphatic rings. The molecule has 7 heteroatoms. The lowest BCUT2D eigenvalue weighted by Gasteiger charge is -2.37. The molecule has 1 saturated heterocycles. The van der Waals surface area contributed by atoms with Crippen molar-refractivity contribution < 1.29 is 18.8 Å². The number of nitrogens with zero attached hydrogens (tertiary/aromatic N) is 2. The molecule has 1 N–H and O–H groups in total. The number of rotatable bonds is 6. The highest BCUT2D eigenvalue weighted by Crippen LogP contribution is 2.46. The lowest BCUT2D eigenvalue weighted by molar-refractivity contribution is -0.142. The van der Waals surface area contributed by atoms with Gasteiger partial charge in [0.05, 0.1) is 16.6 Å². The molecule has 2 heterocycles. The largest absolute Gasteiger partial charge is 0.464 e. The van der Waals surface area contributed by atoms with Gasteiger partial charge in [-0.1, -0.05) is 50.2 Å². The molecule has 33 heavy (non-hydrogen) atoms. The molecule has 0 unspecified atom stereocenters. The number of aromatic nitrogens is 1. The normalized spacial score (nSPS) is 19.5. The highest BCUT2D eigenvalue weighted by atomic mass is 16.5. The van der Waals surface area contributed by atoms with Crippen LogP contribution in [0.3, 0.4) is 0 Å². The van der Waals surface area contributed by atoms with Gasteiger partial charge in [0.25, 0.3) is 0 Å². The SMILES string of the molecule is CCC(=O)OCCNc1cc(N2C[C@@H](C)C[C@H](C)C2)c2noc3c2c1C(=O)c1ccccc1-3. The molecule has 1 aliphatic heterocycles. The summed E-state index contributed by atoms with van der Waals surface area (Å²) < 4.78 is 11.1. The van der Waals surface area contributed by atoms with Crippen LogP contribution in [0.25, 0.3) is 22.2 Å². The number of esters is 1. The molecule has 0 spiro atoms. The quantitative estimate of drug-likeness (QED) is 0.333. The maximum Gasteiger partial charge on any atom is 0.305 e. The lowest BCUT2D eigenvalue weighted by Crippen LogP contribution is -2.39. The van der Waals surface area contributed by atoms with Gasteiger partial charge < -0.3 is 19.5 Å². The second kappa shape index (κ2) is 8.54. The van der Waals surface area contributed by atoms with E-state index in [0.29, 0.717) is 41.7 Å². The van der Waals surface area contributed by atoms with E-state index in [1.165, 1.54) is 6.42 Å². The molecule has 3 aromatic rings. The molecule has 5 rings (SSSR count). The number of carbonyl (C=O) groups excluding carboxylic acids is 2. The summed E-state index contributed by atoms with van der Waals surface area (Å²) in [5, 5.41) is 8.57. The fourth-order valence-corrected chi connectivity index (χ4v) is 5.24. The van der Waals surface area contributed by atoms with E-state index >= 15 is 0 Å². The fourth-order valence-electron chi connectivity index (χ4n) is 5.24. The number of fused-ring (bicyclic) bond motifs is 2. The number of hydrogen-bond donors (Lipinski definition) is 1. The highest BCUT2D eigenvalue weighted by Gasteiger charge is 2.34. The van der Waals surface area contributed by atoms with Crippen LogP contribution in [0.1, 0.15) is 49.5 Å². The van der Waals surface area contributed by atoms with Crippen molar-refractivity contribution in [2.75, 3.05) is 36.5 Å². The molecule has 2 atom stereocenters. The van der Waals surface area contributed by atoms with Gasteiger partial charge >= 0.3 is 5.97 Å². The van der Waals surface area contributed by atoms with Crippen LogP contribution in [-0.2, 0) is 9.53 Å². The monoisotopic (exact) mass is 447 g/mol. The fraction of sp³-hybridized carbons (Fsp3) is 0.423. The Hall–Kier alpha value is -3.35. The van der Waals surface area contributed by atoms with Crippen molar-refractivity contribution in [3.63, 3.8) is 0 Å². The molecule has 1 aromatic heterocycles. The Balaban J connectivity index is 1.62.